The van der Waals surface area contributed by atoms with Crippen molar-refractivity contribution in [3.8, 4) is 0 Å². The number of carboxylic acids is 1. The smallest absolute Gasteiger partial charge is 0.305 e. The van der Waals surface area contributed by atoms with Crippen LogP contribution in [0.3, 0.4) is 0 Å². The average molecular weight is 309 g/mol. The van der Waals surface area contributed by atoms with Crippen molar-refractivity contribution < 1.29 is 19.5 Å². The number of hydrogen-bond acceptors (Lipinski definition) is 4. The molecule has 1 atom stereocenters. The third-order valence-electron chi connectivity index (χ3n) is 3.57. The van der Waals surface area contributed by atoms with E-state index >= 15 is 0 Å². The van der Waals surface area contributed by atoms with E-state index in [0.29, 0.717) is 17.0 Å². The van der Waals surface area contributed by atoms with Crippen LogP contribution in [0.1, 0.15) is 48.9 Å². The number of Topliss-reactive ketones (excluding diaryl/α,β-unsaturated/α-hetero) is 1. The lowest BCUT2D eigenvalue weighted by atomic mass is 10.0. The van der Waals surface area contributed by atoms with Gasteiger partial charge in [-0.3, -0.25) is 19.1 Å². The van der Waals surface area contributed by atoms with Gasteiger partial charge in [0.2, 0.25) is 5.91 Å². The summed E-state index contributed by atoms with van der Waals surface area (Å²) in [5, 5.41) is 15.8. The lowest BCUT2D eigenvalue weighted by Gasteiger charge is -2.20. The number of amides is 1. The fourth-order valence-electron chi connectivity index (χ4n) is 2.39. The summed E-state index contributed by atoms with van der Waals surface area (Å²) in [6.07, 6.45) is -0.126. The number of carbonyl (C=O) groups excluding carboxylic acids is 2. The van der Waals surface area contributed by atoms with Gasteiger partial charge in [0.15, 0.2) is 5.78 Å². The van der Waals surface area contributed by atoms with E-state index < -0.39 is 12.0 Å². The molecule has 0 bridgehead atoms. The molecule has 0 aromatic carbocycles. The van der Waals surface area contributed by atoms with Crippen molar-refractivity contribution in [2.24, 2.45) is 5.92 Å². The molecule has 1 aromatic heterocycles. The molecule has 0 aliphatic rings. The highest BCUT2D eigenvalue weighted by Gasteiger charge is 2.21. The number of aliphatic carboxylic acids is 1. The van der Waals surface area contributed by atoms with Gasteiger partial charge in [-0.1, -0.05) is 13.8 Å². The molecule has 7 nitrogen and oxygen atoms in total. The molecule has 1 aromatic rings. The van der Waals surface area contributed by atoms with E-state index in [0.717, 1.165) is 0 Å². The summed E-state index contributed by atoms with van der Waals surface area (Å²) in [6, 6.07) is -0.436. The van der Waals surface area contributed by atoms with Crippen LogP contribution in [0, 0.1) is 19.8 Å². The number of hydrogen-bond donors (Lipinski definition) is 2. The lowest BCUT2D eigenvalue weighted by Crippen LogP contribution is -2.41. The molecule has 0 aliphatic heterocycles. The van der Waals surface area contributed by atoms with Crippen LogP contribution in [0.25, 0.3) is 0 Å². The highest BCUT2D eigenvalue weighted by molar-refractivity contribution is 5.96. The van der Waals surface area contributed by atoms with E-state index in [1.165, 1.54) is 11.6 Å². The van der Waals surface area contributed by atoms with E-state index in [9.17, 15) is 14.4 Å². The average Bonchev–Trinajstić information content (AvgIpc) is 2.62. The van der Waals surface area contributed by atoms with Crippen LogP contribution in [-0.4, -0.2) is 38.6 Å². The number of carboxylic acid groups (broad SMARTS) is 1. The molecule has 0 spiro atoms. The summed E-state index contributed by atoms with van der Waals surface area (Å²) >= 11 is 0. The van der Waals surface area contributed by atoms with Crippen LogP contribution in [0.15, 0.2) is 0 Å². The molecule has 0 saturated heterocycles. The van der Waals surface area contributed by atoms with E-state index in [-0.39, 0.29) is 30.6 Å². The Morgan fingerprint density at radius 1 is 1.27 bits per heavy atom. The van der Waals surface area contributed by atoms with Gasteiger partial charge in [0.05, 0.1) is 17.7 Å². The second-order valence-electron chi connectivity index (χ2n) is 5.78. The normalized spacial score (nSPS) is 12.3. The van der Waals surface area contributed by atoms with Gasteiger partial charge in [0.1, 0.15) is 6.54 Å². The Kier molecular flexibility index (Phi) is 5.84. The Balaban J connectivity index is 2.82. The van der Waals surface area contributed by atoms with Gasteiger partial charge < -0.3 is 10.4 Å². The van der Waals surface area contributed by atoms with Crippen molar-refractivity contribution in [1.29, 1.82) is 0 Å². The Bertz CT molecular complexity index is 590. The molecule has 22 heavy (non-hydrogen) atoms. The molecule has 0 unspecified atom stereocenters. The third kappa shape index (κ3) is 4.41. The Morgan fingerprint density at radius 2 is 1.86 bits per heavy atom. The number of nitrogens with one attached hydrogen (secondary N) is 1. The molecule has 2 N–H and O–H groups in total. The predicted octanol–water partition coefficient (Wildman–Crippen LogP) is 1.32. The zero-order chi connectivity index (χ0) is 17.0. The highest BCUT2D eigenvalue weighted by atomic mass is 16.4. The fraction of sp³-hybridized carbons (Fsp3) is 0.600. The van der Waals surface area contributed by atoms with Gasteiger partial charge in [0.25, 0.3) is 0 Å². The van der Waals surface area contributed by atoms with Crippen molar-refractivity contribution in [3.63, 3.8) is 0 Å². The minimum absolute atomic E-state index is 0.00767. The number of nitrogens with zero attached hydrogens (tertiary/aromatic N) is 2. The van der Waals surface area contributed by atoms with Crippen LogP contribution in [0.2, 0.25) is 0 Å². The van der Waals surface area contributed by atoms with Gasteiger partial charge in [0, 0.05) is 11.7 Å². The minimum Gasteiger partial charge on any atom is -0.481 e. The number of aryl methyl sites for hydroxylation is 1. The molecule has 7 heteroatoms. The summed E-state index contributed by atoms with van der Waals surface area (Å²) in [5.41, 5.74) is 1.75. The monoisotopic (exact) mass is 309 g/mol. The summed E-state index contributed by atoms with van der Waals surface area (Å²) in [4.78, 5) is 34.5. The highest BCUT2D eigenvalue weighted by Crippen LogP contribution is 2.13. The maximum Gasteiger partial charge on any atom is 0.305 e. The van der Waals surface area contributed by atoms with Crippen LogP contribution >= 0.6 is 0 Å². The molecule has 0 aliphatic carbocycles. The van der Waals surface area contributed by atoms with Crippen molar-refractivity contribution in [2.45, 2.75) is 53.6 Å². The maximum absolute atomic E-state index is 12.1. The molecule has 1 rings (SSSR count). The van der Waals surface area contributed by atoms with Crippen molar-refractivity contribution >= 4 is 17.7 Å². The molecule has 0 saturated carbocycles. The number of ketones is 1. The van der Waals surface area contributed by atoms with E-state index in [1.807, 2.05) is 13.8 Å². The maximum atomic E-state index is 12.1. The Labute approximate surface area is 129 Å². The standard InChI is InChI=1S/C15H23N3O4/c1-8(2)12(6-14(21)22)16-13(20)7-18-10(4)15(11(5)19)9(3)17-18/h8,12H,6-7H2,1-5H3,(H,16,20)(H,21,22)/t12-/m1/s1. The molecular formula is C15H23N3O4. The van der Waals surface area contributed by atoms with Crippen molar-refractivity contribution in [3.05, 3.63) is 17.0 Å². The van der Waals surface area contributed by atoms with Gasteiger partial charge in [-0.05, 0) is 26.7 Å². The van der Waals surface area contributed by atoms with Crippen molar-refractivity contribution in [2.75, 3.05) is 0 Å². The van der Waals surface area contributed by atoms with Crippen LogP contribution in [-0.2, 0) is 16.1 Å². The number of aromatic nitrogens is 2. The van der Waals surface area contributed by atoms with E-state index in [2.05, 4.69) is 10.4 Å². The van der Waals surface area contributed by atoms with Gasteiger partial charge in [-0.15, -0.1) is 0 Å². The number of carbonyl (C=O) groups is 3. The summed E-state index contributed by atoms with van der Waals surface area (Å²) < 4.78 is 1.47. The van der Waals surface area contributed by atoms with Crippen LogP contribution < -0.4 is 5.32 Å². The Hall–Kier alpha value is -2.18. The number of rotatable bonds is 7. The molecule has 0 radical (unpaired) electrons. The van der Waals surface area contributed by atoms with Gasteiger partial charge in [-0.25, -0.2) is 0 Å². The topological polar surface area (TPSA) is 101 Å². The quantitative estimate of drug-likeness (QED) is 0.740. The van der Waals surface area contributed by atoms with Crippen molar-refractivity contribution in [1.82, 2.24) is 15.1 Å². The van der Waals surface area contributed by atoms with Crippen LogP contribution in [0.5, 0.6) is 0 Å². The molecular weight excluding hydrogens is 286 g/mol. The molecule has 1 amide bonds. The first-order valence-electron chi connectivity index (χ1n) is 7.19. The van der Waals surface area contributed by atoms with Gasteiger partial charge >= 0.3 is 5.97 Å². The summed E-state index contributed by atoms with van der Waals surface area (Å²) in [5.74, 6) is -1.36. The fourth-order valence-corrected chi connectivity index (χ4v) is 2.39. The minimum atomic E-state index is -0.955. The first kappa shape index (κ1) is 17.9. The summed E-state index contributed by atoms with van der Waals surface area (Å²) in [6.45, 7) is 8.59. The molecule has 1 heterocycles. The third-order valence-corrected chi connectivity index (χ3v) is 3.57. The van der Waals surface area contributed by atoms with Crippen LogP contribution in [0.4, 0.5) is 0 Å². The lowest BCUT2D eigenvalue weighted by molar-refractivity contribution is -0.138. The van der Waals surface area contributed by atoms with E-state index in [4.69, 9.17) is 5.11 Å². The SMILES string of the molecule is CC(=O)c1c(C)nn(CC(=O)N[C@H](CC(=O)O)C(C)C)c1C. The van der Waals surface area contributed by atoms with E-state index in [1.54, 1.807) is 13.8 Å². The first-order chi connectivity index (χ1) is 10.1. The Morgan fingerprint density at radius 3 is 2.27 bits per heavy atom. The zero-order valence-electron chi connectivity index (χ0n) is 13.6. The first-order valence-corrected chi connectivity index (χ1v) is 7.19. The second kappa shape index (κ2) is 7.20. The molecule has 0 fully saturated rings. The zero-order valence-corrected chi connectivity index (χ0v) is 13.6. The second-order valence-corrected chi connectivity index (χ2v) is 5.78. The van der Waals surface area contributed by atoms with Gasteiger partial charge in [-0.2, -0.15) is 5.10 Å². The largest absolute Gasteiger partial charge is 0.481 e. The predicted molar refractivity (Wildman–Crippen MR) is 80.7 cm³/mol. The summed E-state index contributed by atoms with van der Waals surface area (Å²) in [7, 11) is 0. The molecule has 122 valence electrons.